The first-order valence-electron chi connectivity index (χ1n) is 13.3. The van der Waals surface area contributed by atoms with Crippen LogP contribution in [0, 0.1) is 11.8 Å². The maximum atomic E-state index is 13.0. The Labute approximate surface area is 210 Å². The zero-order valence-electron chi connectivity index (χ0n) is 21.6. The van der Waals surface area contributed by atoms with Crippen molar-refractivity contribution in [2.75, 3.05) is 37.6 Å². The van der Waals surface area contributed by atoms with E-state index >= 15 is 0 Å². The van der Waals surface area contributed by atoms with Gasteiger partial charge in [0.1, 0.15) is 6.04 Å². The summed E-state index contributed by atoms with van der Waals surface area (Å²) in [5.74, 6) is -1.01. The van der Waals surface area contributed by atoms with Gasteiger partial charge < -0.3 is 21.3 Å². The molecule has 4 N–H and O–H groups in total. The van der Waals surface area contributed by atoms with Gasteiger partial charge in [0, 0.05) is 43.5 Å². The fourth-order valence-electron chi connectivity index (χ4n) is 5.24. The lowest BCUT2D eigenvalue weighted by atomic mass is 9.83. The Kier molecular flexibility index (Phi) is 9.95. The average Bonchev–Trinajstić information content (AvgIpc) is 2.84. The van der Waals surface area contributed by atoms with Crippen LogP contribution in [0.2, 0.25) is 0 Å². The molecule has 194 valence electrons. The van der Waals surface area contributed by atoms with Gasteiger partial charge in [0.2, 0.25) is 11.8 Å². The molecular formula is C27H43N5O3. The summed E-state index contributed by atoms with van der Waals surface area (Å²) in [4.78, 5) is 42.7. The standard InChI is InChI=1S/C27H43N5O3/c1-4-13-31-14-16-32(17-15-31)21-11-9-20(10-12-21)26(34)29-23-8-6-5-7-22(23)27(35)30-24(25(28)33)18-19(2)3/h9-12,19,22-24H,4-8,13-18H2,1-3H3,(H2,28,33)(H,29,34)(H,30,35)/t22-,23+,24+/m1/s1. The molecule has 1 aromatic carbocycles. The number of hydrogen-bond acceptors (Lipinski definition) is 5. The molecule has 0 bridgehead atoms. The molecule has 35 heavy (non-hydrogen) atoms. The van der Waals surface area contributed by atoms with Crippen LogP contribution < -0.4 is 21.3 Å². The van der Waals surface area contributed by atoms with Crippen molar-refractivity contribution in [3.05, 3.63) is 29.8 Å². The normalized spacial score (nSPS) is 22.0. The fraction of sp³-hybridized carbons (Fsp3) is 0.667. The minimum Gasteiger partial charge on any atom is -0.369 e. The highest BCUT2D eigenvalue weighted by atomic mass is 16.2. The predicted octanol–water partition coefficient (Wildman–Crippen LogP) is 2.52. The van der Waals surface area contributed by atoms with Gasteiger partial charge in [0.05, 0.1) is 5.92 Å². The number of nitrogens with zero attached hydrogens (tertiary/aromatic N) is 2. The van der Waals surface area contributed by atoms with Crippen LogP contribution in [0.25, 0.3) is 0 Å². The monoisotopic (exact) mass is 485 g/mol. The van der Waals surface area contributed by atoms with Crippen LogP contribution in [0.4, 0.5) is 5.69 Å². The molecule has 3 atom stereocenters. The molecule has 1 aliphatic carbocycles. The van der Waals surface area contributed by atoms with Gasteiger partial charge in [-0.1, -0.05) is 33.6 Å². The number of nitrogens with one attached hydrogen (secondary N) is 2. The average molecular weight is 486 g/mol. The van der Waals surface area contributed by atoms with Gasteiger partial charge >= 0.3 is 0 Å². The van der Waals surface area contributed by atoms with Crippen LogP contribution in [0.5, 0.6) is 0 Å². The first-order chi connectivity index (χ1) is 16.8. The molecule has 1 aromatic rings. The second-order valence-corrected chi connectivity index (χ2v) is 10.4. The third kappa shape index (κ3) is 7.69. The van der Waals surface area contributed by atoms with Crippen LogP contribution in [0.3, 0.4) is 0 Å². The highest BCUT2D eigenvalue weighted by Crippen LogP contribution is 2.26. The number of carbonyl (C=O) groups excluding carboxylic acids is 3. The highest BCUT2D eigenvalue weighted by molar-refractivity contribution is 5.95. The number of carbonyl (C=O) groups is 3. The van der Waals surface area contributed by atoms with Gasteiger partial charge in [-0.2, -0.15) is 0 Å². The molecule has 1 aliphatic heterocycles. The molecule has 2 aliphatic rings. The summed E-state index contributed by atoms with van der Waals surface area (Å²) < 4.78 is 0. The lowest BCUT2D eigenvalue weighted by Crippen LogP contribution is -2.53. The number of rotatable bonds is 10. The van der Waals surface area contributed by atoms with E-state index in [1.165, 1.54) is 6.42 Å². The molecule has 0 spiro atoms. The second-order valence-electron chi connectivity index (χ2n) is 10.4. The van der Waals surface area contributed by atoms with Crippen molar-refractivity contribution in [2.45, 2.75) is 71.4 Å². The van der Waals surface area contributed by atoms with E-state index < -0.39 is 11.9 Å². The molecule has 0 unspecified atom stereocenters. The third-order valence-corrected chi connectivity index (χ3v) is 7.19. The topological polar surface area (TPSA) is 108 Å². The Bertz CT molecular complexity index is 849. The summed E-state index contributed by atoms with van der Waals surface area (Å²) in [7, 11) is 0. The number of piperazine rings is 1. The van der Waals surface area contributed by atoms with Crippen molar-refractivity contribution < 1.29 is 14.4 Å². The third-order valence-electron chi connectivity index (χ3n) is 7.19. The van der Waals surface area contributed by atoms with Crippen molar-refractivity contribution in [3.8, 4) is 0 Å². The minimum absolute atomic E-state index is 0.164. The number of nitrogens with two attached hydrogens (primary N) is 1. The Morgan fingerprint density at radius 2 is 1.69 bits per heavy atom. The van der Waals surface area contributed by atoms with Crippen molar-refractivity contribution in [1.82, 2.24) is 15.5 Å². The highest BCUT2D eigenvalue weighted by Gasteiger charge is 2.34. The molecule has 0 aromatic heterocycles. The summed E-state index contributed by atoms with van der Waals surface area (Å²) in [5, 5.41) is 5.93. The van der Waals surface area contributed by atoms with Gasteiger partial charge in [-0.3, -0.25) is 19.3 Å². The van der Waals surface area contributed by atoms with Crippen LogP contribution in [0.15, 0.2) is 24.3 Å². The molecule has 1 heterocycles. The van der Waals surface area contributed by atoms with Gasteiger partial charge in [-0.15, -0.1) is 0 Å². The predicted molar refractivity (Wildman–Crippen MR) is 139 cm³/mol. The molecule has 0 radical (unpaired) electrons. The van der Waals surface area contributed by atoms with E-state index in [2.05, 4.69) is 27.4 Å². The minimum atomic E-state index is -0.683. The SMILES string of the molecule is CCCN1CCN(c2ccc(C(=O)N[C@H]3CCCC[C@H]3C(=O)N[C@@H](CC(C)C)C(N)=O)cc2)CC1. The van der Waals surface area contributed by atoms with Crippen molar-refractivity contribution >= 4 is 23.4 Å². The molecule has 8 heteroatoms. The van der Waals surface area contributed by atoms with Gasteiger partial charge in [0.15, 0.2) is 0 Å². The lowest BCUT2D eigenvalue weighted by molar-refractivity contribution is -0.131. The molecule has 3 rings (SSSR count). The number of amides is 3. The Hall–Kier alpha value is -2.61. The van der Waals surface area contributed by atoms with E-state index in [1.54, 1.807) is 0 Å². The van der Waals surface area contributed by atoms with Crippen LogP contribution in [-0.4, -0.2) is 67.4 Å². The Morgan fingerprint density at radius 3 is 2.29 bits per heavy atom. The molecule has 1 saturated heterocycles. The fourth-order valence-corrected chi connectivity index (χ4v) is 5.24. The van der Waals surface area contributed by atoms with E-state index in [-0.39, 0.29) is 29.7 Å². The van der Waals surface area contributed by atoms with E-state index in [0.29, 0.717) is 18.4 Å². The Balaban J connectivity index is 1.58. The molecule has 3 amide bonds. The number of anilines is 1. The number of primary amides is 1. The van der Waals surface area contributed by atoms with Crippen LogP contribution in [-0.2, 0) is 9.59 Å². The second kappa shape index (κ2) is 12.9. The first kappa shape index (κ1) is 27.0. The zero-order chi connectivity index (χ0) is 25.4. The van der Waals surface area contributed by atoms with Gasteiger partial charge in [0.25, 0.3) is 5.91 Å². The van der Waals surface area contributed by atoms with Crippen LogP contribution in [0.1, 0.15) is 69.7 Å². The van der Waals surface area contributed by atoms with Gasteiger partial charge in [-0.25, -0.2) is 0 Å². The van der Waals surface area contributed by atoms with Crippen molar-refractivity contribution in [1.29, 1.82) is 0 Å². The summed E-state index contributed by atoms with van der Waals surface area (Å²) in [6.45, 7) is 11.5. The van der Waals surface area contributed by atoms with Gasteiger partial charge in [-0.05, 0) is 62.4 Å². The van der Waals surface area contributed by atoms with Crippen LogP contribution >= 0.6 is 0 Å². The summed E-state index contributed by atoms with van der Waals surface area (Å²) in [6, 6.07) is 6.82. The number of benzene rings is 1. The Morgan fingerprint density at radius 1 is 1.03 bits per heavy atom. The maximum absolute atomic E-state index is 13.0. The van der Waals surface area contributed by atoms with E-state index in [4.69, 9.17) is 5.73 Å². The molecular weight excluding hydrogens is 442 g/mol. The number of hydrogen-bond donors (Lipinski definition) is 3. The molecule has 1 saturated carbocycles. The first-order valence-corrected chi connectivity index (χ1v) is 13.3. The molecule has 8 nitrogen and oxygen atoms in total. The van der Waals surface area contributed by atoms with E-state index in [1.807, 2.05) is 38.1 Å². The summed E-state index contributed by atoms with van der Waals surface area (Å²) in [5.41, 5.74) is 7.24. The molecule has 2 fully saturated rings. The lowest BCUT2D eigenvalue weighted by Gasteiger charge is -2.36. The van der Waals surface area contributed by atoms with E-state index in [9.17, 15) is 14.4 Å². The summed E-state index contributed by atoms with van der Waals surface area (Å²) in [6.07, 6.45) is 5.00. The zero-order valence-corrected chi connectivity index (χ0v) is 21.6. The van der Waals surface area contributed by atoms with E-state index in [0.717, 1.165) is 57.7 Å². The quantitative estimate of drug-likeness (QED) is 0.472. The van der Waals surface area contributed by atoms with Crippen molar-refractivity contribution in [2.24, 2.45) is 17.6 Å². The maximum Gasteiger partial charge on any atom is 0.251 e. The summed E-state index contributed by atoms with van der Waals surface area (Å²) >= 11 is 0. The largest absolute Gasteiger partial charge is 0.369 e. The van der Waals surface area contributed by atoms with Crippen molar-refractivity contribution in [3.63, 3.8) is 0 Å². The smallest absolute Gasteiger partial charge is 0.251 e.